The Labute approximate surface area is 198 Å². The predicted octanol–water partition coefficient (Wildman–Crippen LogP) is 4.66. The molecule has 32 heavy (non-hydrogen) atoms. The van der Waals surface area contributed by atoms with E-state index >= 15 is 0 Å². The second-order valence-electron chi connectivity index (χ2n) is 7.14. The average Bonchev–Trinajstić information content (AvgIpc) is 3.13. The molecule has 0 saturated heterocycles. The number of rotatable bonds is 6. The summed E-state index contributed by atoms with van der Waals surface area (Å²) in [4.78, 5) is 0. The molecule has 9 heteroatoms. The number of nitrogens with zero attached hydrogens (tertiary/aromatic N) is 2. The standard InChI is InChI=1S/C23H20FIN4O3/c1-3-30-18-9-14(8-17(25)21(18)31-11-13-6-4-5-7-16(13)24)20-15(10-26)22(27)32-23-19(20)12(2)28-29-23/h4-9,20H,3,11,27H2,1-2H3,(H,28,29)/t20-/m1/s1. The molecule has 164 valence electrons. The summed E-state index contributed by atoms with van der Waals surface area (Å²) in [7, 11) is 0. The lowest BCUT2D eigenvalue weighted by Gasteiger charge is -2.25. The van der Waals surface area contributed by atoms with Gasteiger partial charge in [-0.2, -0.15) is 5.26 Å². The van der Waals surface area contributed by atoms with E-state index in [0.29, 0.717) is 35.1 Å². The lowest BCUT2D eigenvalue weighted by atomic mass is 9.84. The Morgan fingerprint density at radius 2 is 2.09 bits per heavy atom. The van der Waals surface area contributed by atoms with Crippen LogP contribution in [0.4, 0.5) is 4.39 Å². The van der Waals surface area contributed by atoms with E-state index in [1.807, 2.05) is 26.0 Å². The molecule has 0 amide bonds. The van der Waals surface area contributed by atoms with Crippen molar-refractivity contribution in [2.24, 2.45) is 5.73 Å². The Morgan fingerprint density at radius 1 is 1.31 bits per heavy atom. The summed E-state index contributed by atoms with van der Waals surface area (Å²) < 4.78 is 32.1. The molecular weight excluding hydrogens is 526 g/mol. The fraction of sp³-hybridized carbons (Fsp3) is 0.217. The van der Waals surface area contributed by atoms with Gasteiger partial charge in [0.15, 0.2) is 11.5 Å². The van der Waals surface area contributed by atoms with Crippen LogP contribution in [0, 0.1) is 27.6 Å². The Kier molecular flexibility index (Phi) is 6.23. The van der Waals surface area contributed by atoms with E-state index in [1.54, 1.807) is 18.2 Å². The van der Waals surface area contributed by atoms with E-state index in [1.165, 1.54) is 6.07 Å². The van der Waals surface area contributed by atoms with Crippen molar-refractivity contribution in [1.82, 2.24) is 10.2 Å². The molecule has 0 aliphatic carbocycles. The normalized spacial score (nSPS) is 15.0. The van der Waals surface area contributed by atoms with Crippen molar-refractivity contribution in [3.63, 3.8) is 0 Å². The zero-order valence-electron chi connectivity index (χ0n) is 17.4. The predicted molar refractivity (Wildman–Crippen MR) is 124 cm³/mol. The van der Waals surface area contributed by atoms with E-state index in [4.69, 9.17) is 19.9 Å². The van der Waals surface area contributed by atoms with E-state index in [2.05, 4.69) is 38.9 Å². The fourth-order valence-corrected chi connectivity index (χ4v) is 4.44. The van der Waals surface area contributed by atoms with Gasteiger partial charge in [0, 0.05) is 16.8 Å². The van der Waals surface area contributed by atoms with Crippen molar-refractivity contribution in [2.45, 2.75) is 26.4 Å². The Hall–Kier alpha value is -3.26. The van der Waals surface area contributed by atoms with Gasteiger partial charge in [0.05, 0.1) is 16.1 Å². The summed E-state index contributed by atoms with van der Waals surface area (Å²) in [6, 6.07) is 12.4. The van der Waals surface area contributed by atoms with Crippen molar-refractivity contribution in [2.75, 3.05) is 6.61 Å². The minimum Gasteiger partial charge on any atom is -0.490 e. The van der Waals surface area contributed by atoms with Crippen molar-refractivity contribution < 1.29 is 18.6 Å². The summed E-state index contributed by atoms with van der Waals surface area (Å²) >= 11 is 2.15. The molecule has 1 atom stereocenters. The molecule has 0 bridgehead atoms. The summed E-state index contributed by atoms with van der Waals surface area (Å²) in [5.41, 5.74) is 9.06. The number of nitrogens with two attached hydrogens (primary N) is 1. The molecule has 3 N–H and O–H groups in total. The van der Waals surface area contributed by atoms with Crippen LogP contribution in [0.1, 0.15) is 35.2 Å². The molecule has 0 saturated carbocycles. The van der Waals surface area contributed by atoms with Gasteiger partial charge in [-0.3, -0.25) is 5.10 Å². The van der Waals surface area contributed by atoms with Crippen molar-refractivity contribution in [3.8, 4) is 23.4 Å². The summed E-state index contributed by atoms with van der Waals surface area (Å²) in [6.45, 7) is 4.19. The molecule has 4 rings (SSSR count). The van der Waals surface area contributed by atoms with E-state index < -0.39 is 5.92 Å². The number of halogens is 2. The maximum Gasteiger partial charge on any atom is 0.244 e. The first-order valence-electron chi connectivity index (χ1n) is 9.89. The number of nitriles is 1. The fourth-order valence-electron chi connectivity index (χ4n) is 3.65. The summed E-state index contributed by atoms with van der Waals surface area (Å²) in [5, 5.41) is 16.8. The van der Waals surface area contributed by atoms with Gasteiger partial charge in [0.2, 0.25) is 11.8 Å². The van der Waals surface area contributed by atoms with E-state index in [9.17, 15) is 9.65 Å². The average molecular weight is 546 g/mol. The first-order valence-corrected chi connectivity index (χ1v) is 11.0. The molecule has 1 aliphatic rings. The highest BCUT2D eigenvalue weighted by Crippen LogP contribution is 2.46. The smallest absolute Gasteiger partial charge is 0.244 e. The Morgan fingerprint density at radius 3 is 2.81 bits per heavy atom. The molecule has 1 aromatic heterocycles. The third-order valence-corrected chi connectivity index (χ3v) is 5.93. The van der Waals surface area contributed by atoms with Gasteiger partial charge in [0.25, 0.3) is 0 Å². The van der Waals surface area contributed by atoms with Gasteiger partial charge < -0.3 is 19.9 Å². The van der Waals surface area contributed by atoms with Gasteiger partial charge in [-0.05, 0) is 60.2 Å². The monoisotopic (exact) mass is 546 g/mol. The van der Waals surface area contributed by atoms with Crippen LogP contribution in [0.25, 0.3) is 0 Å². The van der Waals surface area contributed by atoms with Crippen molar-refractivity contribution >= 4 is 22.6 Å². The number of allylic oxidation sites excluding steroid dienone is 1. The number of nitrogens with one attached hydrogen (secondary N) is 1. The number of benzene rings is 2. The maximum absolute atomic E-state index is 14.0. The Bertz CT molecular complexity index is 1250. The second-order valence-corrected chi connectivity index (χ2v) is 8.30. The lowest BCUT2D eigenvalue weighted by molar-refractivity contribution is 0.263. The molecular formula is C23H20FIN4O3. The number of hydrogen-bond acceptors (Lipinski definition) is 6. The molecule has 0 fully saturated rings. The quantitative estimate of drug-likeness (QED) is 0.436. The topological polar surface area (TPSA) is 106 Å². The second kappa shape index (κ2) is 9.08. The molecule has 3 aromatic rings. The van der Waals surface area contributed by atoms with Crippen LogP contribution >= 0.6 is 22.6 Å². The van der Waals surface area contributed by atoms with Gasteiger partial charge in [-0.15, -0.1) is 5.10 Å². The molecule has 2 heterocycles. The van der Waals surface area contributed by atoms with Crippen LogP contribution in [-0.4, -0.2) is 16.8 Å². The van der Waals surface area contributed by atoms with E-state index in [-0.39, 0.29) is 18.3 Å². The van der Waals surface area contributed by atoms with Crippen LogP contribution in [0.15, 0.2) is 47.9 Å². The number of fused-ring (bicyclic) bond motifs is 1. The Balaban J connectivity index is 1.77. The zero-order valence-corrected chi connectivity index (χ0v) is 19.6. The number of ether oxygens (including phenoxy) is 3. The molecule has 2 aromatic carbocycles. The number of aryl methyl sites for hydroxylation is 1. The lowest BCUT2D eigenvalue weighted by Crippen LogP contribution is -2.21. The van der Waals surface area contributed by atoms with Crippen molar-refractivity contribution in [3.05, 3.63) is 79.6 Å². The first-order chi connectivity index (χ1) is 15.4. The maximum atomic E-state index is 14.0. The third kappa shape index (κ3) is 3.98. The highest BCUT2D eigenvalue weighted by atomic mass is 127. The van der Waals surface area contributed by atoms with Crippen LogP contribution in [0.3, 0.4) is 0 Å². The van der Waals surface area contributed by atoms with Crippen LogP contribution in [0.5, 0.6) is 17.4 Å². The van der Waals surface area contributed by atoms with E-state index in [0.717, 1.165) is 20.4 Å². The molecule has 7 nitrogen and oxygen atoms in total. The zero-order chi connectivity index (χ0) is 22.8. The van der Waals surface area contributed by atoms with Gasteiger partial charge >= 0.3 is 0 Å². The molecule has 1 aliphatic heterocycles. The summed E-state index contributed by atoms with van der Waals surface area (Å²) in [6.07, 6.45) is 0. The largest absolute Gasteiger partial charge is 0.490 e. The molecule has 0 spiro atoms. The number of hydrogen-bond donors (Lipinski definition) is 2. The minimum absolute atomic E-state index is 0.0179. The van der Waals surface area contributed by atoms with Crippen LogP contribution in [-0.2, 0) is 6.61 Å². The van der Waals surface area contributed by atoms with Crippen LogP contribution < -0.4 is 19.9 Å². The number of aromatic nitrogens is 2. The number of aromatic amines is 1. The number of H-pyrrole nitrogens is 1. The van der Waals surface area contributed by atoms with Gasteiger partial charge in [-0.1, -0.05) is 18.2 Å². The van der Waals surface area contributed by atoms with Gasteiger partial charge in [0.1, 0.15) is 24.1 Å². The van der Waals surface area contributed by atoms with Gasteiger partial charge in [-0.25, -0.2) is 4.39 Å². The molecule has 0 radical (unpaired) electrons. The van der Waals surface area contributed by atoms with Crippen LogP contribution in [0.2, 0.25) is 0 Å². The first kappa shape index (κ1) is 22.0. The van der Waals surface area contributed by atoms with Crippen molar-refractivity contribution in [1.29, 1.82) is 5.26 Å². The highest BCUT2D eigenvalue weighted by Gasteiger charge is 2.35. The highest BCUT2D eigenvalue weighted by molar-refractivity contribution is 14.1. The summed E-state index contributed by atoms with van der Waals surface area (Å²) in [5.74, 6) is 0.556. The molecule has 0 unspecified atom stereocenters. The third-order valence-electron chi connectivity index (χ3n) is 5.12. The SMILES string of the molecule is CCOc1cc([C@@H]2C(C#N)=C(N)Oc3n[nH]c(C)c32)cc(I)c1OCc1ccccc1F. The minimum atomic E-state index is -0.476.